The number of fused-ring (bicyclic) bond motifs is 1. The number of hydrogen-bond donors (Lipinski definition) is 1. The third kappa shape index (κ3) is 4.91. The minimum Gasteiger partial charge on any atom is -0.467 e. The smallest absolute Gasteiger partial charge is 0.284 e. The van der Waals surface area contributed by atoms with Gasteiger partial charge in [-0.2, -0.15) is 0 Å². The Hall–Kier alpha value is -2.85. The standard InChI is InChI=1S/C23H22N4O4S2/c28-18(16-8-7-14-4-1-2-5-15(14)10-16)11-19-21(29)27(12-17-6-3-9-31-17)22(33-19)26-25-20-13-32-23(30)24-20/h3,6-10,19H,1-2,4-5,11-13H2,(H,24,25,30). The van der Waals surface area contributed by atoms with E-state index in [4.69, 9.17) is 4.42 Å². The van der Waals surface area contributed by atoms with Crippen molar-refractivity contribution >= 4 is 51.5 Å². The Morgan fingerprint density at radius 1 is 1.15 bits per heavy atom. The number of benzene rings is 1. The van der Waals surface area contributed by atoms with Crippen LogP contribution < -0.4 is 5.32 Å². The van der Waals surface area contributed by atoms with Gasteiger partial charge in [0.25, 0.3) is 5.24 Å². The maximum absolute atomic E-state index is 13.2. The van der Waals surface area contributed by atoms with Gasteiger partial charge in [-0.05, 0) is 55.0 Å². The van der Waals surface area contributed by atoms with Gasteiger partial charge in [0.15, 0.2) is 11.0 Å². The number of thioether (sulfide) groups is 2. The summed E-state index contributed by atoms with van der Waals surface area (Å²) >= 11 is 2.33. The molecular formula is C23H22N4O4S2. The first-order valence-corrected chi connectivity index (χ1v) is 12.7. The number of ketones is 1. The van der Waals surface area contributed by atoms with Crippen LogP contribution in [-0.2, 0) is 24.2 Å². The average Bonchev–Trinajstić information content (AvgIpc) is 3.55. The molecule has 1 unspecified atom stereocenters. The van der Waals surface area contributed by atoms with Crippen LogP contribution in [-0.4, -0.2) is 43.8 Å². The third-order valence-corrected chi connectivity index (χ3v) is 7.75. The van der Waals surface area contributed by atoms with E-state index in [9.17, 15) is 14.4 Å². The molecule has 1 aromatic heterocycles. The van der Waals surface area contributed by atoms with E-state index in [-0.39, 0.29) is 29.9 Å². The second kappa shape index (κ2) is 9.56. The Morgan fingerprint density at radius 3 is 2.76 bits per heavy atom. The molecule has 1 aliphatic carbocycles. The molecule has 3 aliphatic rings. The second-order valence-corrected chi connectivity index (χ2v) is 10.2. The number of hydrogen-bond acceptors (Lipinski definition) is 8. The van der Waals surface area contributed by atoms with Crippen molar-refractivity contribution in [3.63, 3.8) is 0 Å². The lowest BCUT2D eigenvalue weighted by Crippen LogP contribution is -2.32. The summed E-state index contributed by atoms with van der Waals surface area (Å²) in [5.74, 6) is 1.20. The molecular weight excluding hydrogens is 460 g/mol. The summed E-state index contributed by atoms with van der Waals surface area (Å²) in [6.07, 6.45) is 6.01. The van der Waals surface area contributed by atoms with Gasteiger partial charge in [-0.1, -0.05) is 35.7 Å². The van der Waals surface area contributed by atoms with Gasteiger partial charge in [0.1, 0.15) is 11.6 Å². The number of aryl methyl sites for hydroxylation is 2. The maximum atomic E-state index is 13.2. The SMILES string of the molecule is O=C1NC(=NN=C2SC(CC(=O)c3ccc4c(c3)CCCC4)C(=O)N2Cc2ccco2)CS1. The minimum atomic E-state index is -0.588. The van der Waals surface area contributed by atoms with E-state index in [2.05, 4.69) is 15.5 Å². The van der Waals surface area contributed by atoms with Gasteiger partial charge in [-0.25, -0.2) is 0 Å². The largest absolute Gasteiger partial charge is 0.467 e. The molecule has 1 N–H and O–H groups in total. The Bertz CT molecular complexity index is 1160. The van der Waals surface area contributed by atoms with Crippen LogP contribution in [0.2, 0.25) is 0 Å². The quantitative estimate of drug-likeness (QED) is 0.493. The number of rotatable bonds is 6. The van der Waals surface area contributed by atoms with Gasteiger partial charge in [0.05, 0.1) is 23.8 Å². The summed E-state index contributed by atoms with van der Waals surface area (Å²) in [6, 6.07) is 9.44. The summed E-state index contributed by atoms with van der Waals surface area (Å²) in [4.78, 5) is 39.1. The minimum absolute atomic E-state index is 0.0563. The number of furan rings is 1. The molecule has 0 radical (unpaired) electrons. The van der Waals surface area contributed by atoms with Crippen LogP contribution in [0.3, 0.4) is 0 Å². The normalized spacial score (nSPS) is 22.8. The molecule has 2 saturated heterocycles. The molecule has 1 atom stereocenters. The lowest BCUT2D eigenvalue weighted by atomic mass is 9.89. The first-order chi connectivity index (χ1) is 16.1. The second-order valence-electron chi connectivity index (χ2n) is 8.06. The first-order valence-electron chi connectivity index (χ1n) is 10.8. The van der Waals surface area contributed by atoms with Gasteiger partial charge in [0.2, 0.25) is 5.91 Å². The van der Waals surface area contributed by atoms with E-state index in [1.54, 1.807) is 18.4 Å². The van der Waals surface area contributed by atoms with Crippen molar-refractivity contribution in [2.24, 2.45) is 10.2 Å². The van der Waals surface area contributed by atoms with Crippen molar-refractivity contribution in [3.05, 3.63) is 59.0 Å². The molecule has 2 aromatic rings. The number of nitrogens with zero attached hydrogens (tertiary/aromatic N) is 3. The molecule has 0 spiro atoms. The van der Waals surface area contributed by atoms with Crippen LogP contribution in [0.5, 0.6) is 0 Å². The van der Waals surface area contributed by atoms with Crippen molar-refractivity contribution in [1.29, 1.82) is 0 Å². The van der Waals surface area contributed by atoms with Crippen LogP contribution in [0.15, 0.2) is 51.2 Å². The number of carbonyl (C=O) groups is 3. The summed E-state index contributed by atoms with van der Waals surface area (Å²) in [7, 11) is 0. The predicted octanol–water partition coefficient (Wildman–Crippen LogP) is 4.00. The Morgan fingerprint density at radius 2 is 2.00 bits per heavy atom. The lowest BCUT2D eigenvalue weighted by Gasteiger charge is -2.16. The molecule has 10 heteroatoms. The highest BCUT2D eigenvalue weighted by Gasteiger charge is 2.40. The zero-order valence-corrected chi connectivity index (χ0v) is 19.4. The maximum Gasteiger partial charge on any atom is 0.284 e. The molecule has 0 bridgehead atoms. The zero-order chi connectivity index (χ0) is 22.8. The Kier molecular flexibility index (Phi) is 6.37. The van der Waals surface area contributed by atoms with Crippen LogP contribution >= 0.6 is 23.5 Å². The van der Waals surface area contributed by atoms with Crippen LogP contribution in [0.1, 0.15) is 46.5 Å². The van der Waals surface area contributed by atoms with Gasteiger partial charge in [-0.3, -0.25) is 19.3 Å². The molecule has 33 heavy (non-hydrogen) atoms. The van der Waals surface area contributed by atoms with E-state index in [0.717, 1.165) is 31.0 Å². The molecule has 0 saturated carbocycles. The highest BCUT2D eigenvalue weighted by molar-refractivity contribution is 8.15. The number of nitrogens with one attached hydrogen (secondary N) is 1. The molecule has 2 amide bonds. The third-order valence-electron chi connectivity index (χ3n) is 5.80. The van der Waals surface area contributed by atoms with Gasteiger partial charge in [0, 0.05) is 12.0 Å². The monoisotopic (exact) mass is 482 g/mol. The van der Waals surface area contributed by atoms with Gasteiger partial charge < -0.3 is 9.73 Å². The summed E-state index contributed by atoms with van der Waals surface area (Å²) in [6.45, 7) is 0.202. The average molecular weight is 483 g/mol. The first kappa shape index (κ1) is 22.0. The molecule has 8 nitrogen and oxygen atoms in total. The summed E-state index contributed by atoms with van der Waals surface area (Å²) in [5, 5.41) is 10.6. The van der Waals surface area contributed by atoms with Crippen LogP contribution in [0.4, 0.5) is 4.79 Å². The van der Waals surface area contributed by atoms with E-state index in [0.29, 0.717) is 28.1 Å². The highest BCUT2D eigenvalue weighted by atomic mass is 32.2. The summed E-state index contributed by atoms with van der Waals surface area (Å²) < 4.78 is 5.40. The number of amidine groups is 2. The fraction of sp³-hybridized carbons (Fsp3) is 0.348. The topological polar surface area (TPSA) is 104 Å². The van der Waals surface area contributed by atoms with Gasteiger partial charge in [-0.15, -0.1) is 10.2 Å². The van der Waals surface area contributed by atoms with E-state index in [1.807, 2.05) is 18.2 Å². The zero-order valence-electron chi connectivity index (χ0n) is 17.8. The molecule has 2 aliphatic heterocycles. The number of carbonyl (C=O) groups excluding carboxylic acids is 3. The Balaban J connectivity index is 1.34. The molecule has 3 heterocycles. The fourth-order valence-electron chi connectivity index (χ4n) is 4.09. The van der Waals surface area contributed by atoms with E-state index < -0.39 is 5.25 Å². The van der Waals surface area contributed by atoms with Crippen LogP contribution in [0.25, 0.3) is 0 Å². The van der Waals surface area contributed by atoms with Crippen molar-refractivity contribution in [1.82, 2.24) is 10.2 Å². The van der Waals surface area contributed by atoms with Gasteiger partial charge >= 0.3 is 0 Å². The molecule has 5 rings (SSSR count). The van der Waals surface area contributed by atoms with Crippen molar-refractivity contribution in [3.8, 4) is 0 Å². The number of Topliss-reactive ketones (excluding diaryl/α,β-unsaturated/α-hetero) is 1. The predicted molar refractivity (Wildman–Crippen MR) is 129 cm³/mol. The van der Waals surface area contributed by atoms with Crippen molar-refractivity contribution in [2.75, 3.05) is 5.75 Å². The Labute approximate surface area is 199 Å². The molecule has 1 aromatic carbocycles. The molecule has 170 valence electrons. The highest BCUT2D eigenvalue weighted by Crippen LogP contribution is 2.32. The molecule has 2 fully saturated rings. The van der Waals surface area contributed by atoms with Crippen molar-refractivity contribution < 1.29 is 18.8 Å². The van der Waals surface area contributed by atoms with Crippen molar-refractivity contribution in [2.45, 2.75) is 43.9 Å². The lowest BCUT2D eigenvalue weighted by molar-refractivity contribution is -0.126. The van der Waals surface area contributed by atoms with E-state index >= 15 is 0 Å². The van der Waals surface area contributed by atoms with E-state index in [1.165, 1.54) is 34.2 Å². The van der Waals surface area contributed by atoms with Crippen LogP contribution in [0, 0.1) is 0 Å². The fourth-order valence-corrected chi connectivity index (χ4v) is 5.77. The summed E-state index contributed by atoms with van der Waals surface area (Å²) in [5.41, 5.74) is 3.21. The number of amides is 2.